The van der Waals surface area contributed by atoms with Gasteiger partial charge in [0.2, 0.25) is 0 Å². The molecule has 0 rings (SSSR count). The highest BCUT2D eigenvalue weighted by molar-refractivity contribution is 5.77. The molecule has 0 aliphatic heterocycles. The first-order chi connectivity index (χ1) is 5.97. The molecule has 0 saturated carbocycles. The predicted molar refractivity (Wildman–Crippen MR) is 47.5 cm³/mol. The molecule has 0 heterocycles. The molecule has 0 saturated heterocycles. The summed E-state index contributed by atoms with van der Waals surface area (Å²) < 4.78 is 0. The normalized spacial score (nSPS) is 14.9. The zero-order valence-electron chi connectivity index (χ0n) is 7.99. The summed E-state index contributed by atoms with van der Waals surface area (Å²) >= 11 is 0. The fraction of sp³-hybridized carbons (Fsp3) is 0.778. The summed E-state index contributed by atoms with van der Waals surface area (Å²) in [7, 11) is 0. The van der Waals surface area contributed by atoms with Crippen LogP contribution in [0.2, 0.25) is 0 Å². The molecule has 0 aliphatic rings. The summed E-state index contributed by atoms with van der Waals surface area (Å²) in [4.78, 5) is 20.9. The van der Waals surface area contributed by atoms with Crippen LogP contribution in [0.1, 0.15) is 33.1 Å². The lowest BCUT2D eigenvalue weighted by atomic mass is 9.92. The van der Waals surface area contributed by atoms with Gasteiger partial charge in [-0.15, -0.1) is 0 Å². The molecular formula is C9H16O4. The molecule has 0 amide bonds. The minimum atomic E-state index is -1.05. The van der Waals surface area contributed by atoms with E-state index in [1.807, 2.05) is 13.8 Å². The standard InChI is InChI=1S/C9H16O4/c1-3-6(2)4-7(9(12)13)5-8(10)11/h6-7H,3-5H2,1-2H3,(H,10,11)(H,12,13)/t6-,7?/m1/s1. The maximum Gasteiger partial charge on any atom is 0.307 e. The van der Waals surface area contributed by atoms with Crippen LogP contribution in [-0.4, -0.2) is 22.2 Å². The Hall–Kier alpha value is -1.06. The van der Waals surface area contributed by atoms with Crippen molar-refractivity contribution in [2.45, 2.75) is 33.1 Å². The van der Waals surface area contributed by atoms with Crippen molar-refractivity contribution in [3.63, 3.8) is 0 Å². The highest BCUT2D eigenvalue weighted by Crippen LogP contribution is 2.18. The maximum atomic E-state index is 10.6. The lowest BCUT2D eigenvalue weighted by Gasteiger charge is -2.13. The fourth-order valence-corrected chi connectivity index (χ4v) is 1.13. The topological polar surface area (TPSA) is 74.6 Å². The van der Waals surface area contributed by atoms with Crippen molar-refractivity contribution in [3.8, 4) is 0 Å². The molecule has 4 nitrogen and oxygen atoms in total. The summed E-state index contributed by atoms with van der Waals surface area (Å²) in [5.41, 5.74) is 0. The second kappa shape index (κ2) is 5.56. The van der Waals surface area contributed by atoms with Gasteiger partial charge in [-0.05, 0) is 12.3 Å². The van der Waals surface area contributed by atoms with Gasteiger partial charge in [0.1, 0.15) is 0 Å². The van der Waals surface area contributed by atoms with Crippen LogP contribution in [-0.2, 0) is 9.59 Å². The summed E-state index contributed by atoms with van der Waals surface area (Å²) in [6, 6.07) is 0. The highest BCUT2D eigenvalue weighted by atomic mass is 16.4. The summed E-state index contributed by atoms with van der Waals surface area (Å²) in [5.74, 6) is -2.54. The van der Waals surface area contributed by atoms with Gasteiger partial charge in [0, 0.05) is 0 Å². The molecule has 13 heavy (non-hydrogen) atoms. The Balaban J connectivity index is 4.10. The van der Waals surface area contributed by atoms with E-state index in [-0.39, 0.29) is 12.3 Å². The van der Waals surface area contributed by atoms with Crippen molar-refractivity contribution in [1.82, 2.24) is 0 Å². The van der Waals surface area contributed by atoms with Gasteiger partial charge in [0.25, 0.3) is 0 Å². The van der Waals surface area contributed by atoms with E-state index in [0.29, 0.717) is 6.42 Å². The van der Waals surface area contributed by atoms with Crippen molar-refractivity contribution >= 4 is 11.9 Å². The molecule has 4 heteroatoms. The van der Waals surface area contributed by atoms with E-state index in [9.17, 15) is 9.59 Å². The van der Waals surface area contributed by atoms with E-state index in [4.69, 9.17) is 10.2 Å². The van der Waals surface area contributed by atoms with Gasteiger partial charge in [-0.1, -0.05) is 20.3 Å². The minimum absolute atomic E-state index is 0.264. The number of rotatable bonds is 6. The summed E-state index contributed by atoms with van der Waals surface area (Å²) in [6.45, 7) is 3.89. The first-order valence-electron chi connectivity index (χ1n) is 4.42. The SMILES string of the molecule is CC[C@@H](C)CC(CC(=O)O)C(=O)O. The number of carboxylic acids is 2. The Kier molecular flexibility index (Phi) is 5.11. The Morgan fingerprint density at radius 1 is 1.31 bits per heavy atom. The van der Waals surface area contributed by atoms with Gasteiger partial charge >= 0.3 is 11.9 Å². The Labute approximate surface area is 77.6 Å². The third-order valence-electron chi connectivity index (χ3n) is 2.15. The third kappa shape index (κ3) is 5.22. The minimum Gasteiger partial charge on any atom is -0.481 e. The molecule has 2 N–H and O–H groups in total. The summed E-state index contributed by atoms with van der Waals surface area (Å²) in [6.07, 6.45) is 1.04. The molecule has 0 aromatic carbocycles. The van der Waals surface area contributed by atoms with Crippen LogP contribution in [0, 0.1) is 11.8 Å². The fourth-order valence-electron chi connectivity index (χ4n) is 1.13. The van der Waals surface area contributed by atoms with Crippen LogP contribution in [0.3, 0.4) is 0 Å². The number of hydrogen-bond acceptors (Lipinski definition) is 2. The monoisotopic (exact) mass is 188 g/mol. The average molecular weight is 188 g/mol. The van der Waals surface area contributed by atoms with Crippen molar-refractivity contribution in [2.24, 2.45) is 11.8 Å². The molecule has 76 valence electrons. The maximum absolute atomic E-state index is 10.6. The molecular weight excluding hydrogens is 172 g/mol. The van der Waals surface area contributed by atoms with Gasteiger partial charge in [0.05, 0.1) is 12.3 Å². The van der Waals surface area contributed by atoms with Crippen molar-refractivity contribution in [3.05, 3.63) is 0 Å². The molecule has 0 aliphatic carbocycles. The van der Waals surface area contributed by atoms with Crippen LogP contribution in [0.5, 0.6) is 0 Å². The van der Waals surface area contributed by atoms with E-state index < -0.39 is 17.9 Å². The van der Waals surface area contributed by atoms with Crippen LogP contribution in [0.4, 0.5) is 0 Å². The predicted octanol–water partition coefficient (Wildman–Crippen LogP) is 1.60. The van der Waals surface area contributed by atoms with Crippen LogP contribution < -0.4 is 0 Å². The first kappa shape index (κ1) is 11.9. The molecule has 1 unspecified atom stereocenters. The zero-order chi connectivity index (χ0) is 10.4. The van der Waals surface area contributed by atoms with E-state index in [0.717, 1.165) is 6.42 Å². The molecule has 0 fully saturated rings. The Morgan fingerprint density at radius 2 is 1.85 bits per heavy atom. The van der Waals surface area contributed by atoms with Crippen molar-refractivity contribution < 1.29 is 19.8 Å². The van der Waals surface area contributed by atoms with Gasteiger partial charge < -0.3 is 10.2 Å². The van der Waals surface area contributed by atoms with E-state index in [1.165, 1.54) is 0 Å². The second-order valence-corrected chi connectivity index (χ2v) is 3.38. The Morgan fingerprint density at radius 3 is 2.15 bits per heavy atom. The number of hydrogen-bond donors (Lipinski definition) is 2. The average Bonchev–Trinajstić information content (AvgIpc) is 2.02. The van der Waals surface area contributed by atoms with Gasteiger partial charge in [-0.2, -0.15) is 0 Å². The molecule has 2 atom stereocenters. The number of carbonyl (C=O) groups is 2. The molecule has 0 radical (unpaired) electrons. The van der Waals surface area contributed by atoms with Gasteiger partial charge in [-0.25, -0.2) is 0 Å². The van der Waals surface area contributed by atoms with Gasteiger partial charge in [-0.3, -0.25) is 9.59 Å². The van der Waals surface area contributed by atoms with E-state index >= 15 is 0 Å². The third-order valence-corrected chi connectivity index (χ3v) is 2.15. The second-order valence-electron chi connectivity index (χ2n) is 3.38. The van der Waals surface area contributed by atoms with Crippen LogP contribution >= 0.6 is 0 Å². The lowest BCUT2D eigenvalue weighted by molar-refractivity contribution is -0.148. The van der Waals surface area contributed by atoms with E-state index in [2.05, 4.69) is 0 Å². The molecule has 0 spiro atoms. The van der Waals surface area contributed by atoms with E-state index in [1.54, 1.807) is 0 Å². The number of aliphatic carboxylic acids is 2. The molecule has 0 aromatic heterocycles. The largest absolute Gasteiger partial charge is 0.481 e. The molecule has 0 bridgehead atoms. The Bertz CT molecular complexity index is 188. The quantitative estimate of drug-likeness (QED) is 0.663. The molecule has 0 aromatic rings. The zero-order valence-corrected chi connectivity index (χ0v) is 7.99. The first-order valence-corrected chi connectivity index (χ1v) is 4.42. The van der Waals surface area contributed by atoms with Crippen LogP contribution in [0.25, 0.3) is 0 Å². The summed E-state index contributed by atoms with van der Waals surface area (Å²) in [5, 5.41) is 17.2. The highest BCUT2D eigenvalue weighted by Gasteiger charge is 2.22. The van der Waals surface area contributed by atoms with Crippen molar-refractivity contribution in [1.29, 1.82) is 0 Å². The van der Waals surface area contributed by atoms with Crippen molar-refractivity contribution in [2.75, 3.05) is 0 Å². The lowest BCUT2D eigenvalue weighted by Crippen LogP contribution is -2.20. The van der Waals surface area contributed by atoms with Gasteiger partial charge in [0.15, 0.2) is 0 Å². The number of carboxylic acid groups (broad SMARTS) is 2. The smallest absolute Gasteiger partial charge is 0.307 e. The van der Waals surface area contributed by atoms with Crippen LogP contribution in [0.15, 0.2) is 0 Å².